The molecule has 112 valence electrons. The van der Waals surface area contributed by atoms with Crippen LogP contribution < -0.4 is 9.64 Å². The highest BCUT2D eigenvalue weighted by Crippen LogP contribution is 2.42. The van der Waals surface area contributed by atoms with Crippen molar-refractivity contribution in [2.24, 2.45) is 0 Å². The van der Waals surface area contributed by atoms with Gasteiger partial charge in [0.1, 0.15) is 0 Å². The molecule has 0 radical (unpaired) electrons. The van der Waals surface area contributed by atoms with E-state index in [1.165, 1.54) is 4.90 Å². The van der Waals surface area contributed by atoms with Crippen molar-refractivity contribution in [3.05, 3.63) is 36.4 Å². The van der Waals surface area contributed by atoms with Crippen molar-refractivity contribution in [1.29, 1.82) is 0 Å². The van der Waals surface area contributed by atoms with Gasteiger partial charge in [-0.2, -0.15) is 4.39 Å². The molecule has 2 aromatic rings. The van der Waals surface area contributed by atoms with E-state index in [1.807, 2.05) is 18.2 Å². The van der Waals surface area contributed by atoms with E-state index < -0.39 is 20.9 Å². The van der Waals surface area contributed by atoms with E-state index in [9.17, 15) is 9.18 Å². The first-order valence-corrected chi connectivity index (χ1v) is 7.89. The number of para-hydroxylation sites is 1. The fourth-order valence-electron chi connectivity index (χ4n) is 1.49. The Labute approximate surface area is 133 Å². The highest BCUT2D eigenvalue weighted by molar-refractivity contribution is 7.33. The van der Waals surface area contributed by atoms with Gasteiger partial charge >= 0.3 is 15.4 Å². The first-order chi connectivity index (χ1) is 9.99. The van der Waals surface area contributed by atoms with Crippen molar-refractivity contribution in [1.82, 2.24) is 9.36 Å². The summed E-state index contributed by atoms with van der Waals surface area (Å²) < 4.78 is 20.7. The summed E-state index contributed by atoms with van der Waals surface area (Å²) in [5.41, 5.74) is 0.716. The number of hydrogen-bond acceptors (Lipinski definition) is 4. The Morgan fingerprint density at radius 2 is 2.10 bits per heavy atom. The minimum absolute atomic E-state index is 0.0719. The van der Waals surface area contributed by atoms with E-state index in [2.05, 4.69) is 9.36 Å². The Kier molecular flexibility index (Phi) is 5.33. The van der Waals surface area contributed by atoms with Crippen LogP contribution in [0.4, 0.5) is 10.1 Å². The van der Waals surface area contributed by atoms with Crippen LogP contribution in [0, 0.1) is 6.08 Å². The molecule has 0 fully saturated rings. The van der Waals surface area contributed by atoms with Crippen molar-refractivity contribution < 1.29 is 13.9 Å². The van der Waals surface area contributed by atoms with E-state index in [4.69, 9.17) is 27.9 Å². The Hall–Kier alpha value is -1.44. The highest BCUT2D eigenvalue weighted by Gasteiger charge is 2.31. The minimum atomic E-state index is -1.22. The van der Waals surface area contributed by atoms with Crippen molar-refractivity contribution in [2.45, 2.75) is 4.17 Å². The van der Waals surface area contributed by atoms with Gasteiger partial charge in [-0.25, -0.2) is 0 Å². The molecule has 0 aliphatic rings. The van der Waals surface area contributed by atoms with Gasteiger partial charge in [0.25, 0.3) is 5.91 Å². The van der Waals surface area contributed by atoms with Gasteiger partial charge < -0.3 is 9.64 Å². The number of likely N-dealkylation sites (N-methyl/N-ethyl adjacent to an activating group) is 1. The summed E-state index contributed by atoms with van der Waals surface area (Å²) in [7, 11) is 0.391. The van der Waals surface area contributed by atoms with Gasteiger partial charge in [0.2, 0.25) is 0 Å². The first kappa shape index (κ1) is 15.9. The average molecular weight is 351 g/mol. The second-order valence-electron chi connectivity index (χ2n) is 3.89. The summed E-state index contributed by atoms with van der Waals surface area (Å²) in [5, 5.41) is -0.0719. The van der Waals surface area contributed by atoms with E-state index in [-0.39, 0.29) is 17.7 Å². The summed E-state index contributed by atoms with van der Waals surface area (Å²) in [6.07, 6.45) is -0.955. The van der Waals surface area contributed by atoms with Gasteiger partial charge in [-0.1, -0.05) is 18.2 Å². The standard InChI is InChI=1S/C12H11Cl2FN3O2S/c1-18(8-5-3-2-4-6-8)9(19)7-20-12-16-11(15)17-21(12)10(13)14/h2-6,10H,7H2,1H3/q+1. The van der Waals surface area contributed by atoms with Crippen LogP contribution in [0.3, 0.4) is 0 Å². The maximum absolute atomic E-state index is 13.0. The molecule has 0 aliphatic carbocycles. The molecule has 9 heteroatoms. The molecule has 5 nitrogen and oxygen atoms in total. The van der Waals surface area contributed by atoms with Crippen molar-refractivity contribution in [2.75, 3.05) is 18.6 Å². The van der Waals surface area contributed by atoms with E-state index >= 15 is 0 Å². The summed E-state index contributed by atoms with van der Waals surface area (Å²) in [4.78, 5) is 16.9. The van der Waals surface area contributed by atoms with Gasteiger partial charge in [0.15, 0.2) is 17.3 Å². The van der Waals surface area contributed by atoms with Crippen LogP contribution >= 0.6 is 33.9 Å². The molecule has 21 heavy (non-hydrogen) atoms. The van der Waals surface area contributed by atoms with Crippen LogP contribution in [-0.4, -0.2) is 28.9 Å². The smallest absolute Gasteiger partial charge is 0.426 e. The molecule has 1 unspecified atom stereocenters. The van der Waals surface area contributed by atoms with Gasteiger partial charge in [-0.05, 0) is 35.3 Å². The molecular formula is C12H11Cl2FN3O2S+. The maximum atomic E-state index is 13.0. The Morgan fingerprint density at radius 3 is 2.71 bits per heavy atom. The van der Waals surface area contributed by atoms with Gasteiger partial charge in [0, 0.05) is 17.1 Å². The lowest BCUT2D eigenvalue weighted by molar-refractivity contribution is -0.120. The zero-order chi connectivity index (χ0) is 15.4. The van der Waals surface area contributed by atoms with Crippen LogP contribution in [0.25, 0.3) is 0 Å². The predicted octanol–water partition coefficient (Wildman–Crippen LogP) is 3.34. The highest BCUT2D eigenvalue weighted by atomic mass is 35.5. The van der Waals surface area contributed by atoms with Crippen LogP contribution in [0.15, 0.2) is 30.3 Å². The number of carbonyl (C=O) groups excluding carboxylic acids is 1. The lowest BCUT2D eigenvalue weighted by Gasteiger charge is -2.16. The monoisotopic (exact) mass is 350 g/mol. The zero-order valence-electron chi connectivity index (χ0n) is 10.9. The van der Waals surface area contributed by atoms with Crippen LogP contribution in [-0.2, 0) is 4.79 Å². The summed E-state index contributed by atoms with van der Waals surface area (Å²) >= 11 is 11.3. The lowest BCUT2D eigenvalue weighted by Crippen LogP contribution is -2.31. The van der Waals surface area contributed by atoms with Gasteiger partial charge in [-0.3, -0.25) is 4.79 Å². The molecule has 0 bridgehead atoms. The van der Waals surface area contributed by atoms with Crippen LogP contribution in [0.1, 0.15) is 4.17 Å². The van der Waals surface area contributed by atoms with E-state index in [1.54, 1.807) is 19.2 Å². The van der Waals surface area contributed by atoms with Crippen molar-refractivity contribution in [3.8, 4) is 5.19 Å². The van der Waals surface area contributed by atoms with Gasteiger partial charge in [0.05, 0.1) is 0 Å². The van der Waals surface area contributed by atoms with Crippen LogP contribution in [0.5, 0.6) is 5.19 Å². The molecule has 0 N–H and O–H groups in total. The summed E-state index contributed by atoms with van der Waals surface area (Å²) in [6.45, 7) is -0.309. The Morgan fingerprint density at radius 1 is 1.43 bits per heavy atom. The number of aromatic nitrogens is 2. The number of ether oxygens (including phenoxy) is 1. The number of carbonyl (C=O) groups is 1. The van der Waals surface area contributed by atoms with Gasteiger partial charge in [-0.15, -0.1) is 4.98 Å². The molecule has 0 saturated carbocycles. The molecule has 0 saturated heterocycles. The lowest BCUT2D eigenvalue weighted by atomic mass is 10.3. The molecule has 1 atom stereocenters. The quantitative estimate of drug-likeness (QED) is 0.612. The fourth-order valence-corrected chi connectivity index (χ4v) is 3.05. The molecule has 1 aromatic heterocycles. The fraction of sp³-hybridized carbons (Fsp3) is 0.250. The van der Waals surface area contributed by atoms with E-state index in [0.29, 0.717) is 5.69 Å². The number of benzene rings is 1. The summed E-state index contributed by atoms with van der Waals surface area (Å²) in [5.74, 6) is -0.319. The third-order valence-corrected chi connectivity index (χ3v) is 4.81. The number of nitrogens with zero attached hydrogens (tertiary/aromatic N) is 3. The average Bonchev–Trinajstić information content (AvgIpc) is 2.86. The maximum Gasteiger partial charge on any atom is 0.466 e. The third kappa shape index (κ3) is 4.03. The zero-order valence-corrected chi connectivity index (χ0v) is 13.2. The SMILES string of the molecule is CN(C(=O)COc1nc(F)n[s+]1C(Cl)Cl)c1ccccc1. The van der Waals surface area contributed by atoms with E-state index in [0.717, 1.165) is 0 Å². The molecular weight excluding hydrogens is 340 g/mol. The largest absolute Gasteiger partial charge is 0.466 e. The predicted molar refractivity (Wildman–Crippen MR) is 80.6 cm³/mol. The van der Waals surface area contributed by atoms with Crippen molar-refractivity contribution in [3.63, 3.8) is 0 Å². The molecule has 2 rings (SSSR count). The van der Waals surface area contributed by atoms with Crippen molar-refractivity contribution >= 4 is 45.5 Å². The number of hydrogen-bond donors (Lipinski definition) is 0. The third-order valence-electron chi connectivity index (χ3n) is 2.54. The number of amides is 1. The number of rotatable bonds is 5. The van der Waals surface area contributed by atoms with Crippen LogP contribution in [0.2, 0.25) is 0 Å². The molecule has 1 aromatic carbocycles. The summed E-state index contributed by atoms with van der Waals surface area (Å²) in [6, 6.07) is 9.04. The Balaban J connectivity index is 2.01. The topological polar surface area (TPSA) is 55.3 Å². The Bertz CT molecular complexity index is 624. The second-order valence-corrected chi connectivity index (χ2v) is 7.14. The molecule has 0 aliphatic heterocycles. The molecule has 1 heterocycles. The second kappa shape index (κ2) is 7.02. The molecule has 1 amide bonds. The first-order valence-electron chi connectivity index (χ1n) is 5.77. The number of halogens is 3. The molecule has 0 spiro atoms. The number of alkyl halides is 2. The normalized spacial score (nSPS) is 11.6. The number of anilines is 1. The minimum Gasteiger partial charge on any atom is -0.426 e.